The second-order valence-electron chi connectivity index (χ2n) is 4.14. The Morgan fingerprint density at radius 1 is 1.33 bits per heavy atom. The van der Waals surface area contributed by atoms with Crippen LogP contribution in [0.1, 0.15) is 19.4 Å². The highest BCUT2D eigenvalue weighted by Crippen LogP contribution is 2.24. The first-order chi connectivity index (χ1) is 8.54. The van der Waals surface area contributed by atoms with Crippen LogP contribution in [-0.2, 0) is 11.2 Å². The lowest BCUT2D eigenvalue weighted by atomic mass is 10.1. The lowest BCUT2D eigenvalue weighted by Gasteiger charge is -2.13. The summed E-state index contributed by atoms with van der Waals surface area (Å²) in [7, 11) is 0. The summed E-state index contributed by atoms with van der Waals surface area (Å²) in [6, 6.07) is 5.48. The maximum atomic E-state index is 11.8. The van der Waals surface area contributed by atoms with E-state index in [4.69, 9.17) is 23.2 Å². The Kier molecular flexibility index (Phi) is 6.47. The van der Waals surface area contributed by atoms with Crippen LogP contribution in [0.15, 0.2) is 18.2 Å². The number of hydrogen-bond acceptors (Lipinski definition) is 2. The molecular weight excluding hydrogens is 271 g/mol. The van der Waals surface area contributed by atoms with E-state index in [9.17, 15) is 4.79 Å². The van der Waals surface area contributed by atoms with Crippen LogP contribution in [0, 0.1) is 0 Å². The van der Waals surface area contributed by atoms with E-state index in [-0.39, 0.29) is 18.4 Å². The van der Waals surface area contributed by atoms with Crippen molar-refractivity contribution in [1.29, 1.82) is 0 Å². The Morgan fingerprint density at radius 2 is 1.94 bits per heavy atom. The minimum Gasteiger partial charge on any atom is -0.354 e. The average Bonchev–Trinajstić information content (AvgIpc) is 2.32. The molecule has 3 nitrogen and oxygen atoms in total. The van der Waals surface area contributed by atoms with Gasteiger partial charge in [-0.2, -0.15) is 0 Å². The molecule has 0 saturated carbocycles. The van der Waals surface area contributed by atoms with Gasteiger partial charge in [0.25, 0.3) is 0 Å². The number of carbonyl (C=O) groups excluding carboxylic acids is 1. The van der Waals surface area contributed by atoms with Gasteiger partial charge in [0.05, 0.1) is 6.42 Å². The molecule has 1 aromatic rings. The number of amides is 1. The quantitative estimate of drug-likeness (QED) is 0.845. The number of carbonyl (C=O) groups is 1. The standard InChI is InChI=1S/C13H18Cl2N2O/c1-3-16-9(2)8-17-13(18)7-10-11(14)5-4-6-12(10)15/h4-6,9,16H,3,7-8H2,1-2H3,(H,17,18)/t9-/m1/s1. The molecular formula is C13H18Cl2N2O. The molecule has 0 radical (unpaired) electrons. The fourth-order valence-electron chi connectivity index (χ4n) is 1.61. The van der Waals surface area contributed by atoms with Gasteiger partial charge in [-0.25, -0.2) is 0 Å². The topological polar surface area (TPSA) is 41.1 Å². The zero-order chi connectivity index (χ0) is 13.5. The van der Waals surface area contributed by atoms with Gasteiger partial charge >= 0.3 is 0 Å². The zero-order valence-electron chi connectivity index (χ0n) is 10.6. The molecule has 0 aromatic heterocycles. The lowest BCUT2D eigenvalue weighted by Crippen LogP contribution is -2.39. The van der Waals surface area contributed by atoms with E-state index in [1.807, 2.05) is 13.8 Å². The molecule has 0 fully saturated rings. The monoisotopic (exact) mass is 288 g/mol. The minimum absolute atomic E-state index is 0.0743. The molecule has 1 aromatic carbocycles. The zero-order valence-corrected chi connectivity index (χ0v) is 12.1. The highest BCUT2D eigenvalue weighted by molar-refractivity contribution is 6.36. The van der Waals surface area contributed by atoms with Crippen LogP contribution >= 0.6 is 23.2 Å². The van der Waals surface area contributed by atoms with E-state index in [1.54, 1.807) is 18.2 Å². The SMILES string of the molecule is CCN[C@H](C)CNC(=O)Cc1c(Cl)cccc1Cl. The molecule has 100 valence electrons. The fraction of sp³-hybridized carbons (Fsp3) is 0.462. The molecule has 0 aliphatic carbocycles. The first-order valence-corrected chi connectivity index (χ1v) is 6.73. The van der Waals surface area contributed by atoms with E-state index in [1.165, 1.54) is 0 Å². The van der Waals surface area contributed by atoms with Gasteiger partial charge < -0.3 is 10.6 Å². The van der Waals surface area contributed by atoms with Gasteiger partial charge in [-0.1, -0.05) is 36.2 Å². The molecule has 2 N–H and O–H groups in total. The molecule has 0 bridgehead atoms. The van der Waals surface area contributed by atoms with Crippen LogP contribution in [0.5, 0.6) is 0 Å². The predicted octanol–water partition coefficient (Wildman–Crippen LogP) is 2.65. The molecule has 5 heteroatoms. The molecule has 1 rings (SSSR count). The first kappa shape index (κ1) is 15.3. The second kappa shape index (κ2) is 7.62. The fourth-order valence-corrected chi connectivity index (χ4v) is 2.14. The minimum atomic E-state index is -0.0743. The summed E-state index contributed by atoms with van der Waals surface area (Å²) >= 11 is 12.0. The van der Waals surface area contributed by atoms with Crippen LogP contribution < -0.4 is 10.6 Å². The summed E-state index contributed by atoms with van der Waals surface area (Å²) in [5.41, 5.74) is 0.675. The van der Waals surface area contributed by atoms with E-state index in [2.05, 4.69) is 10.6 Å². The van der Waals surface area contributed by atoms with Gasteiger partial charge in [0, 0.05) is 22.6 Å². The number of halogens is 2. The summed E-state index contributed by atoms with van der Waals surface area (Å²) in [6.07, 6.45) is 0.206. The largest absolute Gasteiger partial charge is 0.354 e. The smallest absolute Gasteiger partial charge is 0.224 e. The average molecular weight is 289 g/mol. The molecule has 18 heavy (non-hydrogen) atoms. The van der Waals surface area contributed by atoms with Gasteiger partial charge in [0.15, 0.2) is 0 Å². The summed E-state index contributed by atoms with van der Waals surface area (Å²) in [5.74, 6) is -0.0743. The van der Waals surface area contributed by atoms with Crippen LogP contribution in [-0.4, -0.2) is 25.0 Å². The third-order valence-corrected chi connectivity index (χ3v) is 3.27. The normalized spacial score (nSPS) is 12.2. The van der Waals surface area contributed by atoms with Crippen molar-refractivity contribution in [1.82, 2.24) is 10.6 Å². The molecule has 0 unspecified atom stereocenters. The van der Waals surface area contributed by atoms with Crippen molar-refractivity contribution in [3.63, 3.8) is 0 Å². The predicted molar refractivity (Wildman–Crippen MR) is 76.3 cm³/mol. The van der Waals surface area contributed by atoms with Crippen LogP contribution in [0.4, 0.5) is 0 Å². The molecule has 0 aliphatic rings. The number of nitrogens with one attached hydrogen (secondary N) is 2. The van der Waals surface area contributed by atoms with Crippen LogP contribution in [0.25, 0.3) is 0 Å². The Balaban J connectivity index is 2.50. The van der Waals surface area contributed by atoms with Crippen molar-refractivity contribution in [2.24, 2.45) is 0 Å². The van der Waals surface area contributed by atoms with Gasteiger partial charge in [0.1, 0.15) is 0 Å². The van der Waals surface area contributed by atoms with Gasteiger partial charge in [-0.05, 0) is 31.2 Å². The number of likely N-dealkylation sites (N-methyl/N-ethyl adjacent to an activating group) is 1. The molecule has 0 aliphatic heterocycles. The van der Waals surface area contributed by atoms with Crippen molar-refractivity contribution in [2.45, 2.75) is 26.3 Å². The van der Waals surface area contributed by atoms with Gasteiger partial charge in [-0.3, -0.25) is 4.79 Å². The van der Waals surface area contributed by atoms with Crippen LogP contribution in [0.3, 0.4) is 0 Å². The Morgan fingerprint density at radius 3 is 2.50 bits per heavy atom. The van der Waals surface area contributed by atoms with Crippen LogP contribution in [0.2, 0.25) is 10.0 Å². The molecule has 1 atom stereocenters. The summed E-state index contributed by atoms with van der Waals surface area (Å²) in [5, 5.41) is 7.12. The highest BCUT2D eigenvalue weighted by Gasteiger charge is 2.11. The van der Waals surface area contributed by atoms with Gasteiger partial charge in [0.2, 0.25) is 5.91 Å². The van der Waals surface area contributed by atoms with E-state index in [0.717, 1.165) is 6.54 Å². The first-order valence-electron chi connectivity index (χ1n) is 5.97. The molecule has 0 spiro atoms. The van der Waals surface area contributed by atoms with Crippen molar-refractivity contribution in [2.75, 3.05) is 13.1 Å². The molecule has 1 amide bonds. The maximum absolute atomic E-state index is 11.8. The Hall–Kier alpha value is -0.770. The number of benzene rings is 1. The van der Waals surface area contributed by atoms with E-state index < -0.39 is 0 Å². The van der Waals surface area contributed by atoms with Crippen molar-refractivity contribution in [3.8, 4) is 0 Å². The lowest BCUT2D eigenvalue weighted by molar-refractivity contribution is -0.120. The maximum Gasteiger partial charge on any atom is 0.224 e. The molecule has 0 saturated heterocycles. The highest BCUT2D eigenvalue weighted by atomic mass is 35.5. The summed E-state index contributed by atoms with van der Waals surface area (Å²) in [4.78, 5) is 11.8. The summed E-state index contributed by atoms with van der Waals surface area (Å²) < 4.78 is 0. The second-order valence-corrected chi connectivity index (χ2v) is 4.95. The third kappa shape index (κ3) is 4.84. The van der Waals surface area contributed by atoms with Gasteiger partial charge in [-0.15, -0.1) is 0 Å². The van der Waals surface area contributed by atoms with Crippen molar-refractivity contribution in [3.05, 3.63) is 33.8 Å². The molecule has 0 heterocycles. The third-order valence-electron chi connectivity index (χ3n) is 2.56. The summed E-state index contributed by atoms with van der Waals surface area (Å²) in [6.45, 7) is 5.52. The number of rotatable bonds is 6. The van der Waals surface area contributed by atoms with Crippen molar-refractivity contribution >= 4 is 29.1 Å². The van der Waals surface area contributed by atoms with E-state index in [0.29, 0.717) is 22.2 Å². The van der Waals surface area contributed by atoms with Crippen molar-refractivity contribution < 1.29 is 4.79 Å². The number of hydrogen-bond donors (Lipinski definition) is 2. The van der Waals surface area contributed by atoms with E-state index >= 15 is 0 Å². The Labute approximate surface area is 118 Å². The Bertz CT molecular complexity index is 390.